The second-order valence-corrected chi connectivity index (χ2v) is 4.23. The third-order valence-electron chi connectivity index (χ3n) is 3.38. The van der Waals surface area contributed by atoms with Gasteiger partial charge in [-0.25, -0.2) is 0 Å². The summed E-state index contributed by atoms with van der Waals surface area (Å²) in [4.78, 5) is 11.2. The van der Waals surface area contributed by atoms with Gasteiger partial charge in [0.15, 0.2) is 5.78 Å². The number of rotatable bonds is 1. The van der Waals surface area contributed by atoms with Crippen LogP contribution in [0.4, 0.5) is 0 Å². The molecule has 0 fully saturated rings. The number of Topliss-reactive ketones (excluding diaryl/α,β-unsaturated/α-hetero) is 1. The Morgan fingerprint density at radius 3 is 2.64 bits per heavy atom. The minimum absolute atomic E-state index is 0.166. The van der Waals surface area contributed by atoms with Gasteiger partial charge in [-0.05, 0) is 30.5 Å². The summed E-state index contributed by atoms with van der Waals surface area (Å²) in [5, 5.41) is 0. The molecule has 2 atom stereocenters. The summed E-state index contributed by atoms with van der Waals surface area (Å²) >= 11 is 0. The molecular formula is C13H12O. The number of benzene rings is 1. The molecule has 1 aromatic carbocycles. The highest BCUT2D eigenvalue weighted by atomic mass is 16.1. The summed E-state index contributed by atoms with van der Waals surface area (Å²) in [7, 11) is 0. The molecule has 1 aromatic rings. The van der Waals surface area contributed by atoms with Crippen LogP contribution in [-0.2, 0) is 0 Å². The zero-order chi connectivity index (χ0) is 9.71. The number of hydrogen-bond donors (Lipinski definition) is 0. The first kappa shape index (κ1) is 7.98. The van der Waals surface area contributed by atoms with Gasteiger partial charge in [0.25, 0.3) is 0 Å². The summed E-state index contributed by atoms with van der Waals surface area (Å²) in [6, 6.07) is 6.15. The first-order valence-electron chi connectivity index (χ1n) is 5.09. The fraction of sp³-hybridized carbons (Fsp3) is 0.308. The van der Waals surface area contributed by atoms with Crippen LogP contribution in [0.3, 0.4) is 0 Å². The molecular weight excluding hydrogens is 172 g/mol. The Balaban J connectivity index is 2.15. The number of hydrogen-bond acceptors (Lipinski definition) is 1. The summed E-state index contributed by atoms with van der Waals surface area (Å²) in [5.74, 6) is 1.37. The van der Waals surface area contributed by atoms with E-state index in [9.17, 15) is 4.79 Å². The van der Waals surface area contributed by atoms with E-state index in [1.54, 1.807) is 6.92 Å². The first-order valence-corrected chi connectivity index (χ1v) is 5.09. The van der Waals surface area contributed by atoms with Crippen molar-refractivity contribution in [2.75, 3.05) is 0 Å². The minimum atomic E-state index is 0.166. The minimum Gasteiger partial charge on any atom is -0.295 e. The topological polar surface area (TPSA) is 17.1 Å². The van der Waals surface area contributed by atoms with E-state index in [2.05, 4.69) is 24.3 Å². The third-order valence-corrected chi connectivity index (χ3v) is 3.38. The van der Waals surface area contributed by atoms with Gasteiger partial charge in [0.05, 0.1) is 0 Å². The summed E-state index contributed by atoms with van der Waals surface area (Å²) < 4.78 is 0. The van der Waals surface area contributed by atoms with Crippen LogP contribution < -0.4 is 0 Å². The zero-order valence-electron chi connectivity index (χ0n) is 8.16. The van der Waals surface area contributed by atoms with E-state index in [0.29, 0.717) is 11.8 Å². The molecule has 70 valence electrons. The molecule has 0 spiro atoms. The Hall–Kier alpha value is -1.37. The molecule has 0 saturated heterocycles. The van der Waals surface area contributed by atoms with Crippen molar-refractivity contribution in [3.05, 3.63) is 47.0 Å². The molecule has 0 N–H and O–H groups in total. The second-order valence-electron chi connectivity index (χ2n) is 4.23. The van der Waals surface area contributed by atoms with Gasteiger partial charge < -0.3 is 0 Å². The Bertz CT molecular complexity index is 443. The number of fused-ring (bicyclic) bond motifs is 5. The van der Waals surface area contributed by atoms with E-state index >= 15 is 0 Å². The van der Waals surface area contributed by atoms with Gasteiger partial charge in [-0.2, -0.15) is 0 Å². The third kappa shape index (κ3) is 0.926. The highest BCUT2D eigenvalue weighted by Crippen LogP contribution is 2.48. The molecule has 2 bridgehead atoms. The molecule has 1 nitrogen and oxygen atoms in total. The number of allylic oxidation sites excluding steroid dienone is 2. The fourth-order valence-corrected chi connectivity index (χ4v) is 2.61. The molecule has 0 aliphatic heterocycles. The summed E-state index contributed by atoms with van der Waals surface area (Å²) in [5.41, 5.74) is 3.66. The van der Waals surface area contributed by atoms with Crippen molar-refractivity contribution in [1.29, 1.82) is 0 Å². The van der Waals surface area contributed by atoms with E-state index in [4.69, 9.17) is 0 Å². The van der Waals surface area contributed by atoms with Crippen LogP contribution in [-0.4, -0.2) is 5.78 Å². The highest BCUT2D eigenvalue weighted by molar-refractivity contribution is 5.94. The monoisotopic (exact) mass is 184 g/mol. The molecule has 2 aliphatic carbocycles. The molecule has 0 amide bonds. The number of carbonyl (C=O) groups excluding carboxylic acids is 1. The van der Waals surface area contributed by atoms with Gasteiger partial charge in [0.2, 0.25) is 0 Å². The van der Waals surface area contributed by atoms with Gasteiger partial charge in [-0.15, -0.1) is 0 Å². The molecule has 0 heterocycles. The van der Waals surface area contributed by atoms with Gasteiger partial charge in [0, 0.05) is 17.4 Å². The lowest BCUT2D eigenvalue weighted by atomic mass is 9.94. The molecule has 1 heteroatoms. The van der Waals surface area contributed by atoms with Crippen LogP contribution in [0, 0.1) is 0 Å². The average Bonchev–Trinajstić information content (AvgIpc) is 2.77. The van der Waals surface area contributed by atoms with Gasteiger partial charge in [-0.1, -0.05) is 24.3 Å². The molecule has 2 aliphatic rings. The Morgan fingerprint density at radius 1 is 1.21 bits per heavy atom. The van der Waals surface area contributed by atoms with E-state index in [1.807, 2.05) is 6.07 Å². The lowest BCUT2D eigenvalue weighted by molar-refractivity contribution is 0.101. The number of carbonyl (C=O) groups is 1. The second kappa shape index (κ2) is 2.57. The molecule has 3 rings (SSSR count). The highest BCUT2D eigenvalue weighted by Gasteiger charge is 2.32. The van der Waals surface area contributed by atoms with Crippen molar-refractivity contribution in [2.45, 2.75) is 25.2 Å². The van der Waals surface area contributed by atoms with Crippen LogP contribution in [0.1, 0.15) is 46.7 Å². The van der Waals surface area contributed by atoms with E-state index < -0.39 is 0 Å². The maximum absolute atomic E-state index is 11.2. The molecule has 14 heavy (non-hydrogen) atoms. The smallest absolute Gasteiger partial charge is 0.159 e. The average molecular weight is 184 g/mol. The van der Waals surface area contributed by atoms with Crippen molar-refractivity contribution in [3.63, 3.8) is 0 Å². The number of ketones is 1. The van der Waals surface area contributed by atoms with Gasteiger partial charge in [-0.3, -0.25) is 4.79 Å². The Morgan fingerprint density at radius 2 is 1.93 bits per heavy atom. The maximum atomic E-state index is 11.2. The first-order chi connectivity index (χ1) is 6.75. The summed E-state index contributed by atoms with van der Waals surface area (Å²) in [6.07, 6.45) is 5.79. The Labute approximate surface area is 83.4 Å². The molecule has 0 radical (unpaired) electrons. The van der Waals surface area contributed by atoms with Crippen LogP contribution in [0.25, 0.3) is 0 Å². The largest absolute Gasteiger partial charge is 0.295 e. The summed E-state index contributed by atoms with van der Waals surface area (Å²) in [6.45, 7) is 1.63. The zero-order valence-corrected chi connectivity index (χ0v) is 8.16. The van der Waals surface area contributed by atoms with Crippen molar-refractivity contribution < 1.29 is 4.79 Å². The SMILES string of the molecule is CC(=O)c1ccc2c(c1)[C@@H]1C=C[C@@H]2C1. The van der Waals surface area contributed by atoms with Gasteiger partial charge in [0.1, 0.15) is 0 Å². The van der Waals surface area contributed by atoms with Crippen LogP contribution in [0.2, 0.25) is 0 Å². The standard InChI is InChI=1S/C13H12O/c1-8(14)9-4-5-12-10-2-3-11(6-10)13(12)7-9/h2-5,7,10-11H,6H2,1H3/t10-,11-/m1/s1. The van der Waals surface area contributed by atoms with Gasteiger partial charge >= 0.3 is 0 Å². The maximum Gasteiger partial charge on any atom is 0.159 e. The lowest BCUT2D eigenvalue weighted by Gasteiger charge is -2.10. The Kier molecular flexibility index (Phi) is 1.46. The predicted molar refractivity (Wildman–Crippen MR) is 55.7 cm³/mol. The quantitative estimate of drug-likeness (QED) is 0.484. The molecule has 0 saturated carbocycles. The van der Waals surface area contributed by atoms with Crippen LogP contribution >= 0.6 is 0 Å². The lowest BCUT2D eigenvalue weighted by Crippen LogP contribution is -1.98. The van der Waals surface area contributed by atoms with Crippen molar-refractivity contribution in [1.82, 2.24) is 0 Å². The van der Waals surface area contributed by atoms with Crippen LogP contribution in [0.15, 0.2) is 30.4 Å². The van der Waals surface area contributed by atoms with Crippen molar-refractivity contribution in [2.24, 2.45) is 0 Å². The van der Waals surface area contributed by atoms with Crippen molar-refractivity contribution >= 4 is 5.78 Å². The fourth-order valence-electron chi connectivity index (χ4n) is 2.61. The molecule has 0 unspecified atom stereocenters. The normalized spacial score (nSPS) is 26.6. The van der Waals surface area contributed by atoms with Crippen molar-refractivity contribution in [3.8, 4) is 0 Å². The van der Waals surface area contributed by atoms with E-state index in [1.165, 1.54) is 17.5 Å². The van der Waals surface area contributed by atoms with E-state index in [0.717, 1.165) is 5.56 Å². The predicted octanol–water partition coefficient (Wildman–Crippen LogP) is 3.03. The molecule has 0 aromatic heterocycles. The van der Waals surface area contributed by atoms with E-state index in [-0.39, 0.29) is 5.78 Å². The van der Waals surface area contributed by atoms with Crippen LogP contribution in [0.5, 0.6) is 0 Å².